The van der Waals surface area contributed by atoms with Crippen molar-refractivity contribution >= 4 is 5.97 Å². The van der Waals surface area contributed by atoms with Crippen LogP contribution < -0.4 is 0 Å². The molecule has 0 bridgehead atoms. The Labute approximate surface area is 486 Å². The van der Waals surface area contributed by atoms with E-state index in [1.54, 1.807) is 6.92 Å². The molecule has 16 N–H and O–H groups in total. The second-order valence-electron chi connectivity index (χ2n) is 28.0. The minimum absolute atomic E-state index is 0.103. The van der Waals surface area contributed by atoms with Gasteiger partial charge in [-0.05, 0) is 91.8 Å². The molecule has 0 aromatic heterocycles. The Morgan fingerprint density at radius 1 is 0.595 bits per heavy atom. The third kappa shape index (κ3) is 10.5. The summed E-state index contributed by atoms with van der Waals surface area (Å²) in [5.74, 6) is -1.91. The van der Waals surface area contributed by atoms with Crippen molar-refractivity contribution in [2.24, 2.45) is 50.2 Å². The first-order valence-electron chi connectivity index (χ1n) is 29.7. The molecule has 5 aliphatic carbocycles. The number of rotatable bonds is 13. The van der Waals surface area contributed by atoms with Gasteiger partial charge >= 0.3 is 5.97 Å². The molecule has 27 heteroatoms. The molecule has 0 amide bonds. The minimum atomic E-state index is -2.07. The van der Waals surface area contributed by atoms with Gasteiger partial charge in [0.15, 0.2) is 31.3 Å². The summed E-state index contributed by atoms with van der Waals surface area (Å²) in [6.07, 6.45) is -30.9. The van der Waals surface area contributed by atoms with E-state index in [4.69, 9.17) is 47.4 Å². The highest BCUT2D eigenvalue weighted by Crippen LogP contribution is 2.76. The zero-order chi connectivity index (χ0) is 61.3. The normalized spacial score (nSPS) is 55.6. The average molecular weight is 1210 g/mol. The van der Waals surface area contributed by atoms with Gasteiger partial charge in [0.25, 0.3) is 0 Å². The van der Waals surface area contributed by atoms with Crippen LogP contribution in [0.2, 0.25) is 0 Å². The maximum absolute atomic E-state index is 15.4. The summed E-state index contributed by atoms with van der Waals surface area (Å²) in [4.78, 5) is 15.4. The average Bonchev–Trinajstić information content (AvgIpc) is 0.752. The predicted molar refractivity (Wildman–Crippen MR) is 280 cm³/mol. The number of carbonyl (C=O) groups is 1. The molecule has 4 saturated carbocycles. The van der Waals surface area contributed by atoms with E-state index in [0.717, 1.165) is 5.57 Å². The molecule has 9 fully saturated rings. The first kappa shape index (κ1) is 65.2. The topological polar surface area (TPSA) is 433 Å². The summed E-state index contributed by atoms with van der Waals surface area (Å²) in [7, 11) is 0. The van der Waals surface area contributed by atoms with E-state index in [0.29, 0.717) is 38.5 Å². The van der Waals surface area contributed by atoms with E-state index in [2.05, 4.69) is 33.8 Å². The molecule has 0 spiro atoms. The summed E-state index contributed by atoms with van der Waals surface area (Å²) in [6.45, 7) is 10.2. The fraction of sp³-hybridized carbons (Fsp3) is 0.947. The van der Waals surface area contributed by atoms with Gasteiger partial charge in [-0.15, -0.1) is 0 Å². The quantitative estimate of drug-likeness (QED) is 0.0471. The number of hydrogen-bond acceptors (Lipinski definition) is 27. The maximum Gasteiger partial charge on any atom is 0.315 e. The fourth-order valence-electron chi connectivity index (χ4n) is 17.5. The minimum Gasteiger partial charge on any atom is -0.432 e. The Balaban J connectivity index is 0.854. The summed E-state index contributed by atoms with van der Waals surface area (Å²) < 4.78 is 58.7. The summed E-state index contributed by atoms with van der Waals surface area (Å²) in [6, 6.07) is 0. The maximum atomic E-state index is 15.4. The van der Waals surface area contributed by atoms with E-state index in [1.807, 2.05) is 6.92 Å². The molecule has 0 aromatic carbocycles. The summed E-state index contributed by atoms with van der Waals surface area (Å²) >= 11 is 0. The van der Waals surface area contributed by atoms with Crippen molar-refractivity contribution < 1.29 is 134 Å². The van der Waals surface area contributed by atoms with Crippen LogP contribution in [0.4, 0.5) is 0 Å². The van der Waals surface area contributed by atoms with Crippen LogP contribution in [-0.2, 0) is 52.2 Å². The number of aliphatic hydroxyl groups excluding tert-OH is 15. The number of allylic oxidation sites excluding steroid dienone is 2. The molecule has 27 nitrogen and oxygen atoms in total. The lowest BCUT2D eigenvalue weighted by Gasteiger charge is -2.72. The first-order chi connectivity index (χ1) is 39.3. The summed E-state index contributed by atoms with van der Waals surface area (Å²) in [5.41, 5.74) is -5.91. The molecule has 5 saturated heterocycles. The third-order valence-electron chi connectivity index (χ3n) is 22.4. The second kappa shape index (κ2) is 23.5. The Morgan fingerprint density at radius 3 is 1.89 bits per heavy atom. The smallest absolute Gasteiger partial charge is 0.315 e. The lowest BCUT2D eigenvalue weighted by atomic mass is 9.33. The largest absolute Gasteiger partial charge is 0.432 e. The van der Waals surface area contributed by atoms with Crippen molar-refractivity contribution in [2.75, 3.05) is 39.6 Å². The van der Waals surface area contributed by atoms with Crippen LogP contribution in [0.3, 0.4) is 0 Å². The van der Waals surface area contributed by atoms with Gasteiger partial charge in [0.05, 0.1) is 69.5 Å². The van der Waals surface area contributed by atoms with Crippen LogP contribution in [-0.4, -0.2) is 274 Å². The fourth-order valence-corrected chi connectivity index (χ4v) is 17.5. The number of fused-ring (bicyclic) bond motifs is 7. The number of hydrogen-bond donors (Lipinski definition) is 16. The van der Waals surface area contributed by atoms with Crippen molar-refractivity contribution in [1.29, 1.82) is 0 Å². The molecule has 5 heterocycles. The Bertz CT molecular complexity index is 2370. The van der Waals surface area contributed by atoms with Gasteiger partial charge in [-0.1, -0.05) is 53.2 Å². The lowest BCUT2D eigenvalue weighted by molar-refractivity contribution is -0.372. The zero-order valence-corrected chi connectivity index (χ0v) is 48.6. The molecule has 5 aliphatic heterocycles. The molecule has 0 radical (unpaired) electrons. The predicted octanol–water partition coefficient (Wildman–Crippen LogP) is -4.35. The van der Waals surface area contributed by atoms with E-state index in [1.165, 1.54) is 6.92 Å². The number of carbonyl (C=O) groups excluding carboxylic acids is 1. The second-order valence-corrected chi connectivity index (χ2v) is 28.0. The number of esters is 1. The number of aliphatic hydroxyl groups is 16. The molecule has 32 atom stereocenters. The third-order valence-corrected chi connectivity index (χ3v) is 22.4. The SMILES string of the molecule is C[C@@H]1O[C@@H](O[C@@H]2[C@@H](OC(=O)[C@]34CCC(C)(C)C[C@H]3C3=CC[C@@H]5[C@@]6(C)C[C@H](O)[C@H](O[C@@H]7O[C@H](CO)[C@@H](O)[C@H](O)[C@H]7O)[C@@](C)(CO)[C@@H]6[C@H](O)C[C@@]5(C)[C@]3(C)CC4)OC[C@@H](O)[C@H]2O)[C@H](O)[C@H](O)[C@H]1O[C@@H]1OC[C@@H](O)[C@H](O[C@@H]2OC[C@](O)(CO)[C@H]2O)[C@H]1O. The molecule has 0 unspecified atom stereocenters. The van der Waals surface area contributed by atoms with Crippen LogP contribution in [0.25, 0.3) is 0 Å². The molecular formula is C57H92O27. The standard InChI is InChI=1S/C57H92O27/c1-23-39(80-45-38(71)40(29(64)19-75-45)81-49-43(72)57(74,21-60)22-77-49)35(68)37(70)46(78-23)82-41-32(65)28(63)18-76-48(41)84-50(73)56-12-10-51(2,3)14-25(56)24-8-9-31-52(4)15-27(62)44(83-47-36(69)34(67)33(66)30(17-58)79-47)53(5,20-59)42(52)26(61)16-55(31,7)54(24,6)11-13-56/h8,23,25-49,58-72,74H,9-22H2,1-7H3/t23-,25-,26+,27-,28+,29+,30+,31+,32+,33+,34-,35-,36+,37+,38+,39-,40-,41-,42+,43-,44-,45-,46-,47-,48+,49-,52+,53-,54+,55+,56-,57+/m0/s1. The molecule has 482 valence electrons. The van der Waals surface area contributed by atoms with Crippen LogP contribution in [0.1, 0.15) is 99.8 Å². The molecule has 10 rings (SSSR count). The summed E-state index contributed by atoms with van der Waals surface area (Å²) in [5, 5.41) is 176. The van der Waals surface area contributed by atoms with Gasteiger partial charge in [0.2, 0.25) is 6.29 Å². The van der Waals surface area contributed by atoms with Gasteiger partial charge in [0.1, 0.15) is 85.0 Å². The van der Waals surface area contributed by atoms with Crippen LogP contribution in [0.5, 0.6) is 0 Å². The van der Waals surface area contributed by atoms with Crippen LogP contribution >= 0.6 is 0 Å². The molecule has 0 aromatic rings. The van der Waals surface area contributed by atoms with Crippen molar-refractivity contribution in [3.63, 3.8) is 0 Å². The van der Waals surface area contributed by atoms with Gasteiger partial charge in [-0.2, -0.15) is 0 Å². The van der Waals surface area contributed by atoms with Crippen LogP contribution in [0.15, 0.2) is 11.6 Å². The van der Waals surface area contributed by atoms with Gasteiger partial charge in [-0.25, -0.2) is 0 Å². The van der Waals surface area contributed by atoms with E-state index in [9.17, 15) is 81.7 Å². The van der Waals surface area contributed by atoms with E-state index < -0.39 is 231 Å². The van der Waals surface area contributed by atoms with E-state index >= 15 is 4.79 Å². The first-order valence-corrected chi connectivity index (χ1v) is 29.7. The molecular weight excluding hydrogens is 1120 g/mol. The van der Waals surface area contributed by atoms with Crippen molar-refractivity contribution in [3.8, 4) is 0 Å². The Hall–Kier alpha value is -1.79. The van der Waals surface area contributed by atoms with Crippen molar-refractivity contribution in [2.45, 2.75) is 247 Å². The zero-order valence-electron chi connectivity index (χ0n) is 48.6. The van der Waals surface area contributed by atoms with Gasteiger partial charge in [-0.3, -0.25) is 4.79 Å². The van der Waals surface area contributed by atoms with Gasteiger partial charge < -0.3 is 129 Å². The number of ether oxygens (including phenoxy) is 10. The molecule has 84 heavy (non-hydrogen) atoms. The Kier molecular flexibility index (Phi) is 18.2. The highest BCUT2D eigenvalue weighted by Gasteiger charge is 2.73. The highest BCUT2D eigenvalue weighted by atomic mass is 16.8. The van der Waals surface area contributed by atoms with Gasteiger partial charge in [0, 0.05) is 11.3 Å². The monoisotopic (exact) mass is 1210 g/mol. The highest BCUT2D eigenvalue weighted by molar-refractivity contribution is 5.79. The lowest BCUT2D eigenvalue weighted by Crippen LogP contribution is -2.72. The molecule has 10 aliphatic rings. The van der Waals surface area contributed by atoms with E-state index in [-0.39, 0.29) is 24.2 Å². The van der Waals surface area contributed by atoms with Crippen molar-refractivity contribution in [1.82, 2.24) is 0 Å². The Morgan fingerprint density at radius 2 is 1.23 bits per heavy atom. The van der Waals surface area contributed by atoms with Crippen LogP contribution in [0, 0.1) is 50.2 Å². The van der Waals surface area contributed by atoms with Crippen molar-refractivity contribution in [3.05, 3.63) is 11.6 Å².